The molecule has 3 N–H and O–H groups in total. The Morgan fingerprint density at radius 3 is 2.53 bits per heavy atom. The van der Waals surface area contributed by atoms with Crippen LogP contribution in [0.5, 0.6) is 0 Å². The highest BCUT2D eigenvalue weighted by Crippen LogP contribution is 2.69. The van der Waals surface area contributed by atoms with Crippen LogP contribution in [0.4, 0.5) is 0 Å². The van der Waals surface area contributed by atoms with Crippen LogP contribution in [-0.4, -0.2) is 17.3 Å². The van der Waals surface area contributed by atoms with Gasteiger partial charge in [0.25, 0.3) is 0 Å². The molecular formula is C13H23NO. The predicted molar refractivity (Wildman–Crippen MR) is 60.3 cm³/mol. The van der Waals surface area contributed by atoms with Crippen LogP contribution in [0, 0.1) is 16.7 Å². The van der Waals surface area contributed by atoms with Gasteiger partial charge in [0.1, 0.15) is 0 Å². The first kappa shape index (κ1) is 10.1. The molecule has 0 radical (unpaired) electrons. The van der Waals surface area contributed by atoms with Crippen LogP contribution in [-0.2, 0) is 0 Å². The summed E-state index contributed by atoms with van der Waals surface area (Å²) in [4.78, 5) is 0. The van der Waals surface area contributed by atoms with E-state index in [4.69, 9.17) is 5.73 Å². The third-order valence-corrected chi connectivity index (χ3v) is 5.58. The molecule has 3 saturated carbocycles. The fourth-order valence-electron chi connectivity index (χ4n) is 4.33. The molecule has 2 spiro atoms. The molecule has 0 aliphatic heterocycles. The zero-order valence-corrected chi connectivity index (χ0v) is 9.71. The van der Waals surface area contributed by atoms with Crippen molar-refractivity contribution < 1.29 is 5.11 Å². The highest BCUT2D eigenvalue weighted by atomic mass is 16.3. The largest absolute Gasteiger partial charge is 0.391 e. The van der Waals surface area contributed by atoms with Crippen LogP contribution in [0.25, 0.3) is 0 Å². The normalized spacial score (nSPS) is 58.2. The lowest BCUT2D eigenvalue weighted by molar-refractivity contribution is 0.186. The van der Waals surface area contributed by atoms with Gasteiger partial charge in [-0.15, -0.1) is 0 Å². The summed E-state index contributed by atoms with van der Waals surface area (Å²) < 4.78 is 0. The van der Waals surface area contributed by atoms with Crippen LogP contribution in [0.3, 0.4) is 0 Å². The summed E-state index contributed by atoms with van der Waals surface area (Å²) >= 11 is 0. The molecule has 86 valence electrons. The molecule has 0 aromatic carbocycles. The summed E-state index contributed by atoms with van der Waals surface area (Å²) in [7, 11) is 0. The monoisotopic (exact) mass is 209 g/mol. The lowest BCUT2D eigenvalue weighted by Gasteiger charge is -2.20. The summed E-state index contributed by atoms with van der Waals surface area (Å²) in [5, 5.41) is 9.93. The Labute approximate surface area is 92.2 Å². The number of aliphatic hydroxyl groups is 1. The Morgan fingerprint density at radius 2 is 2.00 bits per heavy atom. The van der Waals surface area contributed by atoms with Gasteiger partial charge in [0, 0.05) is 11.5 Å². The lowest BCUT2D eigenvalue weighted by atomic mass is 9.85. The summed E-state index contributed by atoms with van der Waals surface area (Å²) in [6.07, 6.45) is 8.97. The number of rotatable bonds is 1. The number of aliphatic hydroxyl groups excluding tert-OH is 1. The van der Waals surface area contributed by atoms with E-state index >= 15 is 0 Å². The van der Waals surface area contributed by atoms with Crippen molar-refractivity contribution in [3.05, 3.63) is 0 Å². The van der Waals surface area contributed by atoms with E-state index in [1.807, 2.05) is 0 Å². The summed E-state index contributed by atoms with van der Waals surface area (Å²) in [5.74, 6) is 0.937. The number of hydrogen-bond donors (Lipinski definition) is 2. The first-order chi connectivity index (χ1) is 7.15. The van der Waals surface area contributed by atoms with Gasteiger partial charge < -0.3 is 10.8 Å². The molecule has 0 heterocycles. The van der Waals surface area contributed by atoms with Gasteiger partial charge in [0.15, 0.2) is 0 Å². The van der Waals surface area contributed by atoms with Crippen molar-refractivity contribution in [3.8, 4) is 0 Å². The SMILES string of the molecule is CCC1CC12CCCCC1(C2)C(N)C1O. The molecule has 3 aliphatic carbocycles. The fraction of sp³-hybridized carbons (Fsp3) is 1.00. The molecule has 15 heavy (non-hydrogen) atoms. The van der Waals surface area contributed by atoms with E-state index in [9.17, 15) is 5.11 Å². The summed E-state index contributed by atoms with van der Waals surface area (Å²) in [6.45, 7) is 2.31. The highest BCUT2D eigenvalue weighted by Gasteiger charge is 2.68. The van der Waals surface area contributed by atoms with E-state index in [0.29, 0.717) is 5.41 Å². The molecule has 0 aromatic rings. The first-order valence-electron chi connectivity index (χ1n) is 6.58. The van der Waals surface area contributed by atoms with Crippen LogP contribution >= 0.6 is 0 Å². The second kappa shape index (κ2) is 2.98. The summed E-state index contributed by atoms with van der Waals surface area (Å²) in [6, 6.07) is 0.0885. The van der Waals surface area contributed by atoms with Gasteiger partial charge in [0.05, 0.1) is 6.10 Å². The Balaban J connectivity index is 1.78. The number of nitrogens with two attached hydrogens (primary N) is 1. The van der Waals surface area contributed by atoms with Crippen LogP contribution in [0.1, 0.15) is 51.9 Å². The molecule has 3 rings (SSSR count). The maximum Gasteiger partial charge on any atom is 0.0769 e. The maximum absolute atomic E-state index is 9.93. The van der Waals surface area contributed by atoms with E-state index in [1.54, 1.807) is 0 Å². The second-order valence-electron chi connectivity index (χ2n) is 6.26. The van der Waals surface area contributed by atoms with Gasteiger partial charge >= 0.3 is 0 Å². The van der Waals surface area contributed by atoms with Crippen molar-refractivity contribution in [2.45, 2.75) is 64.0 Å². The molecule has 2 heteroatoms. The third-order valence-electron chi connectivity index (χ3n) is 5.58. The molecule has 3 aliphatic rings. The van der Waals surface area contributed by atoms with Gasteiger partial charge in [-0.2, -0.15) is 0 Å². The molecular weight excluding hydrogens is 186 g/mol. The smallest absolute Gasteiger partial charge is 0.0769 e. The minimum Gasteiger partial charge on any atom is -0.391 e. The predicted octanol–water partition coefficient (Wildman–Crippen LogP) is 2.06. The molecule has 0 amide bonds. The van der Waals surface area contributed by atoms with Crippen LogP contribution in [0.15, 0.2) is 0 Å². The van der Waals surface area contributed by atoms with Crippen molar-refractivity contribution in [1.29, 1.82) is 0 Å². The topological polar surface area (TPSA) is 46.2 Å². The zero-order chi connectivity index (χ0) is 10.7. The number of hydrogen-bond acceptors (Lipinski definition) is 2. The summed E-state index contributed by atoms with van der Waals surface area (Å²) in [5.41, 5.74) is 6.77. The molecule has 0 saturated heterocycles. The Morgan fingerprint density at radius 1 is 1.33 bits per heavy atom. The van der Waals surface area contributed by atoms with Gasteiger partial charge in [-0.05, 0) is 37.0 Å². The van der Waals surface area contributed by atoms with Crippen molar-refractivity contribution in [2.24, 2.45) is 22.5 Å². The Hall–Kier alpha value is -0.0800. The van der Waals surface area contributed by atoms with Crippen molar-refractivity contribution in [1.82, 2.24) is 0 Å². The van der Waals surface area contributed by atoms with Crippen molar-refractivity contribution in [3.63, 3.8) is 0 Å². The zero-order valence-electron chi connectivity index (χ0n) is 9.71. The fourth-order valence-corrected chi connectivity index (χ4v) is 4.33. The van der Waals surface area contributed by atoms with Gasteiger partial charge in [-0.1, -0.05) is 26.2 Å². The van der Waals surface area contributed by atoms with Crippen LogP contribution in [0.2, 0.25) is 0 Å². The van der Waals surface area contributed by atoms with Gasteiger partial charge in [-0.3, -0.25) is 0 Å². The molecule has 5 unspecified atom stereocenters. The van der Waals surface area contributed by atoms with E-state index < -0.39 is 0 Å². The minimum absolute atomic E-state index is 0.0885. The lowest BCUT2D eigenvalue weighted by Crippen LogP contribution is -2.18. The minimum atomic E-state index is -0.189. The van der Waals surface area contributed by atoms with Gasteiger partial charge in [-0.25, -0.2) is 0 Å². The molecule has 0 aromatic heterocycles. The Kier molecular flexibility index (Phi) is 2.01. The van der Waals surface area contributed by atoms with E-state index in [2.05, 4.69) is 6.92 Å². The van der Waals surface area contributed by atoms with E-state index in [-0.39, 0.29) is 17.6 Å². The highest BCUT2D eigenvalue weighted by molar-refractivity contribution is 5.21. The van der Waals surface area contributed by atoms with Crippen LogP contribution < -0.4 is 5.73 Å². The average Bonchev–Trinajstić information content (AvgIpc) is 3.09. The molecule has 5 atom stereocenters. The van der Waals surface area contributed by atoms with Gasteiger partial charge in [0.2, 0.25) is 0 Å². The van der Waals surface area contributed by atoms with E-state index in [0.717, 1.165) is 5.92 Å². The van der Waals surface area contributed by atoms with Crippen molar-refractivity contribution >= 4 is 0 Å². The van der Waals surface area contributed by atoms with E-state index in [1.165, 1.54) is 44.9 Å². The molecule has 0 bridgehead atoms. The second-order valence-corrected chi connectivity index (χ2v) is 6.26. The standard InChI is InChI=1S/C13H23NO/c1-2-9-7-12(9)5-3-4-6-13(8-12)10(14)11(13)15/h9-11,15H,2-8,14H2,1H3. The maximum atomic E-state index is 9.93. The first-order valence-corrected chi connectivity index (χ1v) is 6.58. The third kappa shape index (κ3) is 1.24. The molecule has 2 nitrogen and oxygen atoms in total. The molecule has 3 fully saturated rings. The quantitative estimate of drug-likeness (QED) is 0.694. The van der Waals surface area contributed by atoms with Crippen molar-refractivity contribution in [2.75, 3.05) is 0 Å². The average molecular weight is 209 g/mol. The Bertz CT molecular complexity index is 270.